The molecule has 1 aromatic rings. The molecule has 0 atom stereocenters. The minimum atomic E-state index is -5.49. The van der Waals surface area contributed by atoms with Crippen molar-refractivity contribution in [3.63, 3.8) is 0 Å². The van der Waals surface area contributed by atoms with Crippen molar-refractivity contribution in [1.82, 2.24) is 0 Å². The molecule has 0 amide bonds. The second-order valence-corrected chi connectivity index (χ2v) is 5.20. The molecule has 0 saturated heterocycles. The van der Waals surface area contributed by atoms with E-state index >= 15 is 0 Å². The number of carbonyl (C=O) groups is 1. The zero-order valence-corrected chi connectivity index (χ0v) is 13.2. The highest BCUT2D eigenvalue weighted by molar-refractivity contribution is 6.12. The Kier molecular flexibility index (Phi) is 5.68. The summed E-state index contributed by atoms with van der Waals surface area (Å²) >= 11 is 0. The Labute approximate surface area is 152 Å². The van der Waals surface area contributed by atoms with Gasteiger partial charge in [-0.15, -0.1) is 5.11 Å². The molecule has 156 valence electrons. The summed E-state index contributed by atoms with van der Waals surface area (Å²) in [5, 5.41) is 5.35. The van der Waals surface area contributed by atoms with Gasteiger partial charge < -0.3 is 0 Å². The summed E-state index contributed by atoms with van der Waals surface area (Å²) < 4.78 is 142. The summed E-state index contributed by atoms with van der Waals surface area (Å²) in [6.45, 7) is 0. The van der Waals surface area contributed by atoms with Crippen LogP contribution in [0.5, 0.6) is 0 Å². The van der Waals surface area contributed by atoms with E-state index < -0.39 is 69.6 Å². The van der Waals surface area contributed by atoms with Crippen molar-refractivity contribution in [2.75, 3.05) is 0 Å². The highest BCUT2D eigenvalue weighted by Crippen LogP contribution is 2.38. The van der Waals surface area contributed by atoms with Crippen LogP contribution in [-0.2, 0) is 4.79 Å². The van der Waals surface area contributed by atoms with Gasteiger partial charge in [0.25, 0.3) is 0 Å². The Hall–Kier alpha value is -3.06. The normalized spacial score (nSPS) is 15.7. The van der Waals surface area contributed by atoms with Crippen molar-refractivity contribution in [1.29, 1.82) is 0 Å². The molecule has 0 aromatic heterocycles. The van der Waals surface area contributed by atoms with Crippen molar-refractivity contribution < 1.29 is 53.1 Å². The van der Waals surface area contributed by atoms with Crippen LogP contribution in [-0.4, -0.2) is 18.1 Å². The number of azo groups is 1. The Morgan fingerprint density at radius 1 is 0.690 bits per heavy atom. The molecule has 1 aromatic carbocycles. The summed E-state index contributed by atoms with van der Waals surface area (Å²) in [6.07, 6.45) is -11.0. The first-order valence-electron chi connectivity index (χ1n) is 6.91. The van der Waals surface area contributed by atoms with Crippen LogP contribution in [0.4, 0.5) is 54.0 Å². The highest BCUT2D eigenvalue weighted by Gasteiger charge is 2.48. The summed E-state index contributed by atoms with van der Waals surface area (Å²) in [7, 11) is 0. The topological polar surface area (TPSA) is 41.8 Å². The molecule has 14 heteroatoms. The largest absolute Gasteiger partial charge is 0.420 e. The van der Waals surface area contributed by atoms with E-state index in [1.807, 2.05) is 0 Å². The molecular formula is C15H3F11N2O. The first kappa shape index (κ1) is 22.2. The van der Waals surface area contributed by atoms with Crippen LogP contribution in [0.25, 0.3) is 0 Å². The predicted octanol–water partition coefficient (Wildman–Crippen LogP) is 5.91. The fourth-order valence-electron chi connectivity index (χ4n) is 1.98. The van der Waals surface area contributed by atoms with Gasteiger partial charge in [-0.05, 0) is 17.7 Å². The van der Waals surface area contributed by atoms with Crippen molar-refractivity contribution in [2.45, 2.75) is 12.4 Å². The summed E-state index contributed by atoms with van der Waals surface area (Å²) in [5.41, 5.74) is -7.29. The maximum atomic E-state index is 13.4. The molecule has 0 unspecified atom stereocenters. The van der Waals surface area contributed by atoms with Gasteiger partial charge in [0.05, 0.1) is 6.20 Å². The third-order valence-corrected chi connectivity index (χ3v) is 3.27. The first-order chi connectivity index (χ1) is 13.2. The van der Waals surface area contributed by atoms with Crippen molar-refractivity contribution in [3.05, 3.63) is 64.2 Å². The monoisotopic (exact) mass is 436 g/mol. The predicted molar refractivity (Wildman–Crippen MR) is 72.1 cm³/mol. The van der Waals surface area contributed by atoms with Crippen molar-refractivity contribution in [3.8, 4) is 0 Å². The van der Waals surface area contributed by atoms with Gasteiger partial charge in [-0.1, -0.05) is 0 Å². The lowest BCUT2D eigenvalue weighted by molar-refractivity contribution is -0.136. The van der Waals surface area contributed by atoms with E-state index in [0.717, 1.165) is 0 Å². The zero-order chi connectivity index (χ0) is 22.3. The number of Topliss-reactive ketones (excluding diaryl/α,β-unsaturated/α-hetero) is 1. The standard InChI is InChI=1S/C15H3F11N2O/c16-7-8(17)10(19)12(11(20)9(7)18)28-27-3-4-1-5(14(21,22)23)13(29)6(2-4)15(24,25)26/h1-3H. The van der Waals surface area contributed by atoms with Gasteiger partial charge in [0.15, 0.2) is 29.0 Å². The van der Waals surface area contributed by atoms with Crippen LogP contribution in [0.2, 0.25) is 0 Å². The van der Waals surface area contributed by atoms with Crippen LogP contribution in [0.15, 0.2) is 45.3 Å². The Morgan fingerprint density at radius 2 is 1.07 bits per heavy atom. The number of nitrogens with zero attached hydrogens (tertiary/aromatic N) is 2. The molecule has 2 rings (SSSR count). The minimum absolute atomic E-state index is 0.0604. The molecule has 3 nitrogen and oxygen atoms in total. The van der Waals surface area contributed by atoms with E-state index in [2.05, 4.69) is 10.2 Å². The average molecular weight is 436 g/mol. The van der Waals surface area contributed by atoms with Crippen LogP contribution in [0, 0.1) is 29.1 Å². The van der Waals surface area contributed by atoms with Gasteiger partial charge in [-0.2, -0.15) is 31.5 Å². The summed E-state index contributed by atoms with van der Waals surface area (Å²) in [6, 6.07) is 0. The van der Waals surface area contributed by atoms with Crippen LogP contribution in [0.1, 0.15) is 0 Å². The number of alkyl halides is 6. The molecule has 0 heterocycles. The molecule has 0 spiro atoms. The maximum absolute atomic E-state index is 13.4. The number of allylic oxidation sites excluding steroid dienone is 5. The maximum Gasteiger partial charge on any atom is 0.420 e. The Morgan fingerprint density at radius 3 is 1.45 bits per heavy atom. The molecule has 0 radical (unpaired) electrons. The van der Waals surface area contributed by atoms with Gasteiger partial charge in [-0.3, -0.25) is 4.79 Å². The Bertz CT molecular complexity index is 932. The van der Waals surface area contributed by atoms with Crippen molar-refractivity contribution in [2.24, 2.45) is 10.2 Å². The average Bonchev–Trinajstić information content (AvgIpc) is 2.60. The summed E-state index contributed by atoms with van der Waals surface area (Å²) in [4.78, 5) is 11.4. The highest BCUT2D eigenvalue weighted by atomic mass is 19.4. The van der Waals surface area contributed by atoms with Crippen LogP contribution >= 0.6 is 0 Å². The number of carbonyl (C=O) groups excluding carboxylic acids is 1. The van der Waals surface area contributed by atoms with Gasteiger partial charge >= 0.3 is 12.4 Å². The van der Waals surface area contributed by atoms with E-state index in [1.165, 1.54) is 0 Å². The van der Waals surface area contributed by atoms with E-state index in [-0.39, 0.29) is 18.4 Å². The molecule has 29 heavy (non-hydrogen) atoms. The first-order valence-corrected chi connectivity index (χ1v) is 6.91. The minimum Gasteiger partial charge on any atom is -0.289 e. The SMILES string of the molecule is O=C1C(C(F)(F)F)=CC(=CN=Nc2c(F)c(F)c(F)c(F)c2F)C=C1C(F)(F)F. The second kappa shape index (κ2) is 7.40. The second-order valence-electron chi connectivity index (χ2n) is 5.20. The van der Waals surface area contributed by atoms with Crippen LogP contribution < -0.4 is 0 Å². The van der Waals surface area contributed by atoms with Gasteiger partial charge in [0, 0.05) is 0 Å². The van der Waals surface area contributed by atoms with Gasteiger partial charge in [0.1, 0.15) is 11.1 Å². The lowest BCUT2D eigenvalue weighted by atomic mass is 9.93. The van der Waals surface area contributed by atoms with Gasteiger partial charge in [0.2, 0.25) is 11.6 Å². The fraction of sp³-hybridized carbons (Fsp3) is 0.133. The van der Waals surface area contributed by atoms with E-state index in [1.54, 1.807) is 0 Å². The quantitative estimate of drug-likeness (QED) is 0.246. The van der Waals surface area contributed by atoms with E-state index in [4.69, 9.17) is 0 Å². The molecule has 1 aliphatic rings. The zero-order valence-electron chi connectivity index (χ0n) is 13.2. The van der Waals surface area contributed by atoms with Crippen molar-refractivity contribution >= 4 is 11.5 Å². The lowest BCUT2D eigenvalue weighted by Gasteiger charge is -2.19. The molecule has 0 fully saturated rings. The smallest absolute Gasteiger partial charge is 0.289 e. The molecule has 1 aliphatic carbocycles. The number of halogens is 11. The van der Waals surface area contributed by atoms with Crippen LogP contribution in [0.3, 0.4) is 0 Å². The molecule has 0 saturated carbocycles. The fourth-order valence-corrected chi connectivity index (χ4v) is 1.98. The third kappa shape index (κ3) is 4.35. The molecular weight excluding hydrogens is 433 g/mol. The molecule has 0 aliphatic heterocycles. The molecule has 0 bridgehead atoms. The number of benzene rings is 1. The number of rotatable bonds is 2. The van der Waals surface area contributed by atoms with Gasteiger partial charge in [-0.25, -0.2) is 22.0 Å². The summed E-state index contributed by atoms with van der Waals surface area (Å²) in [5.74, 6) is -14.5. The number of hydrogen-bond acceptors (Lipinski definition) is 3. The molecule has 0 N–H and O–H groups in total. The number of ketones is 1. The van der Waals surface area contributed by atoms with E-state index in [9.17, 15) is 53.1 Å². The van der Waals surface area contributed by atoms with E-state index in [0.29, 0.717) is 0 Å². The lowest BCUT2D eigenvalue weighted by Crippen LogP contribution is -2.30. The number of hydrogen-bond donors (Lipinski definition) is 0. The third-order valence-electron chi connectivity index (χ3n) is 3.27. The Balaban J connectivity index is 2.55.